The van der Waals surface area contributed by atoms with Crippen LogP contribution in [0.4, 0.5) is 0 Å². The molecule has 1 atom stereocenters. The zero-order valence-electron chi connectivity index (χ0n) is 13.8. The topological polar surface area (TPSA) is 60.5 Å². The monoisotopic (exact) mass is 346 g/mol. The van der Waals surface area contributed by atoms with Gasteiger partial charge in [0.05, 0.1) is 19.2 Å². The maximum atomic E-state index is 12.1. The van der Waals surface area contributed by atoms with Gasteiger partial charge in [0, 0.05) is 30.7 Å². The van der Waals surface area contributed by atoms with Crippen molar-refractivity contribution in [3.8, 4) is 16.3 Å². The lowest BCUT2D eigenvalue weighted by molar-refractivity contribution is -0.123. The number of amides is 1. The maximum Gasteiger partial charge on any atom is 0.220 e. The molecule has 0 spiro atoms. The van der Waals surface area contributed by atoms with Crippen molar-refractivity contribution in [1.82, 2.24) is 10.3 Å². The second kappa shape index (κ2) is 8.26. The summed E-state index contributed by atoms with van der Waals surface area (Å²) in [5.41, 5.74) is 0.974. The normalized spacial score (nSPS) is 17.5. The first kappa shape index (κ1) is 16.9. The van der Waals surface area contributed by atoms with E-state index in [1.165, 1.54) is 0 Å². The van der Waals surface area contributed by atoms with Crippen LogP contribution in [-0.4, -0.2) is 31.2 Å². The van der Waals surface area contributed by atoms with E-state index >= 15 is 0 Å². The van der Waals surface area contributed by atoms with Crippen molar-refractivity contribution in [3.05, 3.63) is 35.3 Å². The van der Waals surface area contributed by atoms with E-state index in [-0.39, 0.29) is 5.91 Å². The minimum atomic E-state index is 0.0812. The molecule has 128 valence electrons. The molecule has 2 heterocycles. The summed E-state index contributed by atoms with van der Waals surface area (Å²) in [6, 6.07) is 7.81. The molecule has 1 N–H and O–H groups in total. The summed E-state index contributed by atoms with van der Waals surface area (Å²) in [6.07, 6.45) is 4.48. The minimum Gasteiger partial charge on any atom is -0.496 e. The van der Waals surface area contributed by atoms with E-state index < -0.39 is 0 Å². The molecular formula is C18H22N2O3S. The molecule has 0 unspecified atom stereocenters. The molecule has 2 aromatic rings. The van der Waals surface area contributed by atoms with Gasteiger partial charge in [0.1, 0.15) is 10.8 Å². The number of nitrogens with one attached hydrogen (secondary N) is 1. The van der Waals surface area contributed by atoms with Crippen molar-refractivity contribution in [1.29, 1.82) is 0 Å². The molecule has 0 saturated carbocycles. The predicted octanol–water partition coefficient (Wildman–Crippen LogP) is 3.25. The quantitative estimate of drug-likeness (QED) is 0.872. The minimum absolute atomic E-state index is 0.0812. The van der Waals surface area contributed by atoms with Crippen LogP contribution in [0.1, 0.15) is 24.1 Å². The fourth-order valence-corrected chi connectivity index (χ4v) is 3.71. The molecule has 1 saturated heterocycles. The van der Waals surface area contributed by atoms with Gasteiger partial charge in [-0.15, -0.1) is 11.3 Å². The van der Waals surface area contributed by atoms with Crippen LogP contribution < -0.4 is 10.1 Å². The SMILES string of the molecule is COc1ccccc1-c1ncc(CNC(=O)C[C@@H]2CCCOC2)s1. The molecule has 5 nitrogen and oxygen atoms in total. The van der Waals surface area contributed by atoms with Crippen LogP contribution in [0.5, 0.6) is 5.75 Å². The first-order valence-electron chi connectivity index (χ1n) is 8.19. The molecule has 6 heteroatoms. The molecule has 0 radical (unpaired) electrons. The first-order chi connectivity index (χ1) is 11.8. The Labute approximate surface area is 146 Å². The zero-order valence-corrected chi connectivity index (χ0v) is 14.6. The highest BCUT2D eigenvalue weighted by molar-refractivity contribution is 7.15. The molecule has 1 aromatic carbocycles. The third kappa shape index (κ3) is 4.33. The lowest BCUT2D eigenvalue weighted by atomic mass is 9.98. The molecule has 1 aliphatic rings. The number of carbonyl (C=O) groups is 1. The Bertz CT molecular complexity index is 680. The second-order valence-corrected chi connectivity index (χ2v) is 7.01. The Morgan fingerprint density at radius 2 is 2.33 bits per heavy atom. The van der Waals surface area contributed by atoms with Crippen LogP contribution in [0.25, 0.3) is 10.6 Å². The molecule has 24 heavy (non-hydrogen) atoms. The number of carbonyl (C=O) groups excluding carboxylic acids is 1. The van der Waals surface area contributed by atoms with Crippen molar-refractivity contribution in [2.45, 2.75) is 25.8 Å². The highest BCUT2D eigenvalue weighted by atomic mass is 32.1. The van der Waals surface area contributed by atoms with E-state index in [9.17, 15) is 4.79 Å². The Morgan fingerprint density at radius 3 is 3.12 bits per heavy atom. The van der Waals surface area contributed by atoms with Crippen LogP contribution in [0.3, 0.4) is 0 Å². The van der Waals surface area contributed by atoms with E-state index in [1.807, 2.05) is 30.5 Å². The number of nitrogens with zero attached hydrogens (tertiary/aromatic N) is 1. The Kier molecular flexibility index (Phi) is 5.82. The fourth-order valence-electron chi connectivity index (χ4n) is 2.82. The summed E-state index contributed by atoms with van der Waals surface area (Å²) >= 11 is 1.57. The Balaban J connectivity index is 1.55. The van der Waals surface area contributed by atoms with Crippen LogP contribution in [-0.2, 0) is 16.1 Å². The van der Waals surface area contributed by atoms with Crippen molar-refractivity contribution in [2.24, 2.45) is 5.92 Å². The van der Waals surface area contributed by atoms with Gasteiger partial charge in [-0.3, -0.25) is 4.79 Å². The average molecular weight is 346 g/mol. The number of ether oxygens (including phenoxy) is 2. The van der Waals surface area contributed by atoms with Crippen molar-refractivity contribution < 1.29 is 14.3 Å². The molecular weight excluding hydrogens is 324 g/mol. The van der Waals surface area contributed by atoms with Crippen LogP contribution >= 0.6 is 11.3 Å². The Hall–Kier alpha value is -1.92. The summed E-state index contributed by atoms with van der Waals surface area (Å²) in [7, 11) is 1.66. The highest BCUT2D eigenvalue weighted by Crippen LogP contribution is 2.32. The van der Waals surface area contributed by atoms with Crippen LogP contribution in [0.2, 0.25) is 0 Å². The van der Waals surface area contributed by atoms with E-state index in [1.54, 1.807) is 18.4 Å². The van der Waals surface area contributed by atoms with Crippen LogP contribution in [0, 0.1) is 5.92 Å². The molecule has 1 amide bonds. The zero-order chi connectivity index (χ0) is 16.8. The standard InChI is InChI=1S/C18H22N2O3S/c1-22-16-7-3-2-6-15(16)18-20-11-14(24-18)10-19-17(21)9-13-5-4-8-23-12-13/h2-3,6-7,11,13H,4-5,8-10,12H2,1H3,(H,19,21)/t13-/m0/s1. The number of methoxy groups -OCH3 is 1. The number of benzene rings is 1. The molecule has 1 fully saturated rings. The number of hydrogen-bond donors (Lipinski definition) is 1. The van der Waals surface area contributed by atoms with E-state index in [4.69, 9.17) is 9.47 Å². The lowest BCUT2D eigenvalue weighted by Crippen LogP contribution is -2.28. The van der Waals surface area contributed by atoms with Gasteiger partial charge in [0.25, 0.3) is 0 Å². The summed E-state index contributed by atoms with van der Waals surface area (Å²) in [6.45, 7) is 2.04. The Morgan fingerprint density at radius 1 is 1.46 bits per heavy atom. The number of aromatic nitrogens is 1. The van der Waals surface area contributed by atoms with E-state index in [0.717, 1.165) is 40.6 Å². The third-order valence-corrected chi connectivity index (χ3v) is 5.11. The van der Waals surface area contributed by atoms with Gasteiger partial charge < -0.3 is 14.8 Å². The summed E-state index contributed by atoms with van der Waals surface area (Å²) < 4.78 is 10.8. The predicted molar refractivity (Wildman–Crippen MR) is 94.1 cm³/mol. The molecule has 1 aliphatic heterocycles. The van der Waals surface area contributed by atoms with Gasteiger partial charge in [-0.1, -0.05) is 12.1 Å². The molecule has 0 aliphatic carbocycles. The summed E-state index contributed by atoms with van der Waals surface area (Å²) in [5, 5.41) is 3.88. The maximum absolute atomic E-state index is 12.1. The van der Waals surface area contributed by atoms with Gasteiger partial charge in [-0.05, 0) is 30.9 Å². The largest absolute Gasteiger partial charge is 0.496 e. The van der Waals surface area contributed by atoms with Crippen molar-refractivity contribution in [2.75, 3.05) is 20.3 Å². The fraction of sp³-hybridized carbons (Fsp3) is 0.444. The number of rotatable bonds is 6. The van der Waals surface area contributed by atoms with Crippen molar-refractivity contribution in [3.63, 3.8) is 0 Å². The molecule has 0 bridgehead atoms. The highest BCUT2D eigenvalue weighted by Gasteiger charge is 2.17. The van der Waals surface area contributed by atoms with Gasteiger partial charge in [-0.25, -0.2) is 4.98 Å². The lowest BCUT2D eigenvalue weighted by Gasteiger charge is -2.21. The number of para-hydroxylation sites is 1. The first-order valence-corrected chi connectivity index (χ1v) is 9.00. The van der Waals surface area contributed by atoms with E-state index in [0.29, 0.717) is 25.5 Å². The number of hydrogen-bond acceptors (Lipinski definition) is 5. The van der Waals surface area contributed by atoms with Gasteiger partial charge in [0.2, 0.25) is 5.91 Å². The third-order valence-electron chi connectivity index (χ3n) is 4.08. The van der Waals surface area contributed by atoms with E-state index in [2.05, 4.69) is 10.3 Å². The average Bonchev–Trinajstić information content (AvgIpc) is 3.09. The smallest absolute Gasteiger partial charge is 0.220 e. The van der Waals surface area contributed by atoms with Gasteiger partial charge >= 0.3 is 0 Å². The second-order valence-electron chi connectivity index (χ2n) is 5.90. The van der Waals surface area contributed by atoms with Gasteiger partial charge in [0.15, 0.2) is 0 Å². The molecule has 3 rings (SSSR count). The summed E-state index contributed by atoms with van der Waals surface area (Å²) in [5.74, 6) is 1.24. The molecule has 1 aromatic heterocycles. The summed E-state index contributed by atoms with van der Waals surface area (Å²) in [4.78, 5) is 17.5. The number of thiazole rings is 1. The van der Waals surface area contributed by atoms with Crippen LogP contribution in [0.15, 0.2) is 30.5 Å². The van der Waals surface area contributed by atoms with Gasteiger partial charge in [-0.2, -0.15) is 0 Å². The van der Waals surface area contributed by atoms with Crippen molar-refractivity contribution >= 4 is 17.2 Å².